The van der Waals surface area contributed by atoms with E-state index in [0.717, 1.165) is 0 Å². The van der Waals surface area contributed by atoms with Crippen LogP contribution in [-0.2, 0) is 0 Å². The minimum Gasteiger partial charge on any atom is -0.268 e. The number of alkyl halides is 3. The lowest BCUT2D eigenvalue weighted by molar-refractivity contribution is 0.0775. The third kappa shape index (κ3) is 2.03. The van der Waals surface area contributed by atoms with Crippen LogP contribution in [0.5, 0.6) is 0 Å². The molecular formula is C9H4Cl2FNO2S. The molecule has 3 nitrogen and oxygen atoms in total. The van der Waals surface area contributed by atoms with Crippen LogP contribution in [-0.4, -0.2) is 20.0 Å². The second kappa shape index (κ2) is 3.91. The first kappa shape index (κ1) is 11.7. The fraction of sp³-hybridized carbons (Fsp3) is 0.111. The largest absolute Gasteiger partial charge is 0.324 e. The molecular weight excluding hydrogens is 276 g/mol. The van der Waals surface area contributed by atoms with E-state index in [0.29, 0.717) is 4.31 Å². The maximum absolute atomic E-state index is 13.0. The Kier molecular flexibility index (Phi) is 2.86. The molecule has 1 aromatic carbocycles. The molecule has 7 heteroatoms. The Morgan fingerprint density at radius 3 is 1.94 bits per heavy atom. The van der Waals surface area contributed by atoms with Crippen molar-refractivity contribution in [3.8, 4) is 0 Å². The second-order valence-electron chi connectivity index (χ2n) is 2.99. The van der Waals surface area contributed by atoms with Crippen LogP contribution in [0.15, 0.2) is 24.3 Å². The lowest BCUT2D eigenvalue weighted by Gasteiger charge is -2.15. The molecule has 0 bridgehead atoms. The van der Waals surface area contributed by atoms with E-state index in [9.17, 15) is 14.0 Å². The number of rotatable bonds is 2. The zero-order valence-electron chi connectivity index (χ0n) is 7.62. The van der Waals surface area contributed by atoms with E-state index in [4.69, 9.17) is 23.2 Å². The Morgan fingerprint density at radius 2 is 1.56 bits per heavy atom. The summed E-state index contributed by atoms with van der Waals surface area (Å²) in [6.07, 6.45) is 0. The van der Waals surface area contributed by atoms with Crippen LogP contribution in [0.4, 0.5) is 4.39 Å². The van der Waals surface area contributed by atoms with E-state index in [-0.39, 0.29) is 23.1 Å². The second-order valence-corrected chi connectivity index (χ2v) is 5.78. The van der Waals surface area contributed by atoms with Crippen molar-refractivity contribution in [2.24, 2.45) is 0 Å². The zero-order chi connectivity index (χ0) is 11.9. The first-order chi connectivity index (χ1) is 7.40. The van der Waals surface area contributed by atoms with Crippen molar-refractivity contribution in [2.45, 2.75) is 3.92 Å². The Bertz CT molecular complexity index is 440. The number of hydrogen-bond acceptors (Lipinski definition) is 3. The molecule has 0 spiro atoms. The molecule has 1 aromatic rings. The fourth-order valence-electron chi connectivity index (χ4n) is 1.35. The first-order valence-electron chi connectivity index (χ1n) is 4.14. The SMILES string of the molecule is O=C1c2ccccc2C(=O)N1SC(F)(Cl)Cl. The lowest BCUT2D eigenvalue weighted by Crippen LogP contribution is -2.25. The standard InChI is InChI=1S/C9H4Cl2FNO2S/c10-9(11,12)16-13-7(14)5-3-1-2-4-6(5)8(13)15/h1-4H. The van der Waals surface area contributed by atoms with Gasteiger partial charge in [-0.2, -0.15) is 4.39 Å². The topological polar surface area (TPSA) is 37.4 Å². The lowest BCUT2D eigenvalue weighted by atomic mass is 10.1. The van der Waals surface area contributed by atoms with Crippen LogP contribution in [0.2, 0.25) is 0 Å². The van der Waals surface area contributed by atoms with E-state index in [1.54, 1.807) is 12.1 Å². The fourth-order valence-corrected chi connectivity index (χ4v) is 2.34. The van der Waals surface area contributed by atoms with Crippen LogP contribution >= 0.6 is 35.1 Å². The Balaban J connectivity index is 2.36. The van der Waals surface area contributed by atoms with Crippen molar-refractivity contribution in [3.63, 3.8) is 0 Å². The molecule has 2 rings (SSSR count). The summed E-state index contributed by atoms with van der Waals surface area (Å²) in [5, 5.41) is 0. The van der Waals surface area contributed by atoms with E-state index >= 15 is 0 Å². The number of fused-ring (bicyclic) bond motifs is 1. The summed E-state index contributed by atoms with van der Waals surface area (Å²) in [5.41, 5.74) is 0.440. The van der Waals surface area contributed by atoms with Gasteiger partial charge in [0.05, 0.1) is 11.1 Å². The summed E-state index contributed by atoms with van der Waals surface area (Å²) < 4.78 is 10.9. The number of hydrogen-bond donors (Lipinski definition) is 0. The van der Waals surface area contributed by atoms with Crippen LogP contribution in [0.25, 0.3) is 0 Å². The molecule has 0 fully saturated rings. The number of imide groups is 1. The molecule has 84 valence electrons. The highest BCUT2D eigenvalue weighted by atomic mass is 35.5. The number of halogens is 3. The normalized spacial score (nSPS) is 15.6. The number of carbonyl (C=O) groups excluding carboxylic acids is 2. The third-order valence-electron chi connectivity index (χ3n) is 1.95. The van der Waals surface area contributed by atoms with E-state index in [1.807, 2.05) is 0 Å². The van der Waals surface area contributed by atoms with Gasteiger partial charge >= 0.3 is 3.92 Å². The highest BCUT2D eigenvalue weighted by Crippen LogP contribution is 2.42. The molecule has 1 aliphatic heterocycles. The van der Waals surface area contributed by atoms with Gasteiger partial charge in [-0.05, 0) is 12.1 Å². The highest BCUT2D eigenvalue weighted by Gasteiger charge is 2.41. The molecule has 0 atom stereocenters. The Morgan fingerprint density at radius 1 is 1.12 bits per heavy atom. The highest BCUT2D eigenvalue weighted by molar-refractivity contribution is 8.01. The number of amides is 2. The van der Waals surface area contributed by atoms with Crippen LogP contribution in [0.1, 0.15) is 20.7 Å². The van der Waals surface area contributed by atoms with Crippen molar-refractivity contribution in [1.29, 1.82) is 0 Å². The summed E-state index contributed by atoms with van der Waals surface area (Å²) >= 11 is 10.3. The average Bonchev–Trinajstić information content (AvgIpc) is 2.43. The summed E-state index contributed by atoms with van der Waals surface area (Å²) in [7, 11) is 0. The Labute approximate surface area is 105 Å². The van der Waals surface area contributed by atoms with Crippen molar-refractivity contribution in [2.75, 3.05) is 0 Å². The van der Waals surface area contributed by atoms with Crippen LogP contribution < -0.4 is 0 Å². The molecule has 0 N–H and O–H groups in total. The van der Waals surface area contributed by atoms with Crippen molar-refractivity contribution >= 4 is 47.0 Å². The molecule has 0 radical (unpaired) electrons. The van der Waals surface area contributed by atoms with E-state index in [2.05, 4.69) is 0 Å². The monoisotopic (exact) mass is 279 g/mol. The Hall–Kier alpha value is -0.780. The van der Waals surface area contributed by atoms with Crippen LogP contribution in [0, 0.1) is 0 Å². The molecule has 0 saturated heterocycles. The van der Waals surface area contributed by atoms with Crippen LogP contribution in [0.3, 0.4) is 0 Å². The molecule has 1 heterocycles. The van der Waals surface area contributed by atoms with Gasteiger partial charge in [-0.25, -0.2) is 4.31 Å². The van der Waals surface area contributed by atoms with Gasteiger partial charge in [-0.15, -0.1) is 0 Å². The van der Waals surface area contributed by atoms with Gasteiger partial charge in [-0.3, -0.25) is 9.59 Å². The predicted molar refractivity (Wildman–Crippen MR) is 60.1 cm³/mol. The minimum absolute atomic E-state index is 0.136. The smallest absolute Gasteiger partial charge is 0.268 e. The zero-order valence-corrected chi connectivity index (χ0v) is 9.94. The number of nitrogens with zero attached hydrogens (tertiary/aromatic N) is 1. The van der Waals surface area contributed by atoms with Gasteiger partial charge in [0.25, 0.3) is 11.8 Å². The maximum Gasteiger partial charge on any atom is 0.324 e. The molecule has 0 unspecified atom stereocenters. The quantitative estimate of drug-likeness (QED) is 0.475. The molecule has 0 saturated carbocycles. The summed E-state index contributed by atoms with van der Waals surface area (Å²) in [5.74, 6) is -1.23. The summed E-state index contributed by atoms with van der Waals surface area (Å²) in [4.78, 5) is 23.4. The molecule has 2 amide bonds. The molecule has 0 aliphatic carbocycles. The van der Waals surface area contributed by atoms with Gasteiger partial charge in [0, 0.05) is 11.9 Å². The number of carbonyl (C=O) groups is 2. The summed E-state index contributed by atoms with van der Waals surface area (Å²) in [6.45, 7) is 0. The molecule has 0 aromatic heterocycles. The molecule has 1 aliphatic rings. The van der Waals surface area contributed by atoms with E-state index < -0.39 is 15.7 Å². The van der Waals surface area contributed by atoms with Gasteiger partial charge in [0.1, 0.15) is 0 Å². The average molecular weight is 280 g/mol. The molecule has 16 heavy (non-hydrogen) atoms. The van der Waals surface area contributed by atoms with E-state index in [1.165, 1.54) is 12.1 Å². The van der Waals surface area contributed by atoms with Gasteiger partial charge in [0.2, 0.25) is 0 Å². The van der Waals surface area contributed by atoms with Gasteiger partial charge in [0.15, 0.2) is 0 Å². The maximum atomic E-state index is 13.0. The summed E-state index contributed by atoms with van der Waals surface area (Å²) in [6, 6.07) is 6.20. The third-order valence-corrected chi connectivity index (χ3v) is 3.09. The minimum atomic E-state index is -2.71. The predicted octanol–water partition coefficient (Wildman–Crippen LogP) is 2.99. The van der Waals surface area contributed by atoms with Crippen molar-refractivity contribution in [3.05, 3.63) is 35.4 Å². The van der Waals surface area contributed by atoms with Gasteiger partial charge < -0.3 is 0 Å². The first-order valence-corrected chi connectivity index (χ1v) is 5.67. The van der Waals surface area contributed by atoms with Gasteiger partial charge in [-0.1, -0.05) is 35.3 Å². The number of benzene rings is 1. The van der Waals surface area contributed by atoms with Crippen molar-refractivity contribution in [1.82, 2.24) is 4.31 Å². The van der Waals surface area contributed by atoms with Crippen molar-refractivity contribution < 1.29 is 14.0 Å².